The van der Waals surface area contributed by atoms with Crippen LogP contribution in [0.15, 0.2) is 10.2 Å². The molecule has 0 aliphatic carbocycles. The highest BCUT2D eigenvalue weighted by Gasteiger charge is 2.34. The third-order valence-corrected chi connectivity index (χ3v) is 1.13. The molecule has 0 unspecified atom stereocenters. The lowest BCUT2D eigenvalue weighted by molar-refractivity contribution is 0.0623. The van der Waals surface area contributed by atoms with E-state index in [0.717, 1.165) is 0 Å². The Kier molecular flexibility index (Phi) is 1.53. The minimum atomic E-state index is -0.190. The van der Waals surface area contributed by atoms with Gasteiger partial charge in [0.1, 0.15) is 0 Å². The number of rotatable bonds is 3. The first-order valence-electron chi connectivity index (χ1n) is 3.18. The Labute approximate surface area is 55.1 Å². The van der Waals surface area contributed by atoms with Crippen LogP contribution in [0.2, 0.25) is 0 Å². The maximum Gasteiger partial charge on any atom is 0.211 e. The molecule has 0 aromatic heterocycles. The van der Waals surface area contributed by atoms with Crippen molar-refractivity contribution in [3.63, 3.8) is 0 Å². The predicted octanol–water partition coefficient (Wildman–Crippen LogP) is 1.59. The molecule has 0 aromatic carbocycles. The molecular weight excluding hydrogens is 116 g/mol. The molecule has 0 fully saturated rings. The van der Waals surface area contributed by atoms with Crippen molar-refractivity contribution in [1.29, 1.82) is 0 Å². The molecule has 52 valence electrons. The summed E-state index contributed by atoms with van der Waals surface area (Å²) in [7, 11) is 0. The van der Waals surface area contributed by atoms with Crippen molar-refractivity contribution in [3.05, 3.63) is 0 Å². The molecule has 0 N–H and O–H groups in total. The number of nitrogens with zero attached hydrogens (tertiary/aromatic N) is 2. The van der Waals surface area contributed by atoms with Crippen LogP contribution in [0.3, 0.4) is 0 Å². The molecule has 0 bridgehead atoms. The number of ether oxygens (including phenoxy) is 1. The van der Waals surface area contributed by atoms with E-state index in [2.05, 4.69) is 10.2 Å². The number of hydrogen-bond donors (Lipinski definition) is 0. The summed E-state index contributed by atoms with van der Waals surface area (Å²) in [5.41, 5.74) is -0.190. The van der Waals surface area contributed by atoms with Crippen molar-refractivity contribution in [2.75, 3.05) is 6.61 Å². The van der Waals surface area contributed by atoms with Gasteiger partial charge in [-0.2, -0.15) is 10.2 Å². The highest BCUT2D eigenvalue weighted by atomic mass is 16.5. The summed E-state index contributed by atoms with van der Waals surface area (Å²) < 4.78 is 5.28. The van der Waals surface area contributed by atoms with Crippen LogP contribution in [0.1, 0.15) is 20.8 Å². The van der Waals surface area contributed by atoms with E-state index < -0.39 is 0 Å². The standard InChI is InChI=1S/C6H12N2O/c1-5(2)9-4-6(3)7-8-6/h5H,4H2,1-3H3. The topological polar surface area (TPSA) is 34.0 Å². The van der Waals surface area contributed by atoms with Gasteiger partial charge in [-0.15, -0.1) is 0 Å². The average Bonchev–Trinajstić information content (AvgIpc) is 2.45. The van der Waals surface area contributed by atoms with Crippen LogP contribution in [0, 0.1) is 0 Å². The van der Waals surface area contributed by atoms with Gasteiger partial charge in [-0.1, -0.05) is 0 Å². The fraction of sp³-hybridized carbons (Fsp3) is 1.00. The zero-order valence-corrected chi connectivity index (χ0v) is 6.09. The van der Waals surface area contributed by atoms with Crippen LogP contribution in [-0.2, 0) is 4.74 Å². The minimum Gasteiger partial charge on any atom is -0.374 e. The van der Waals surface area contributed by atoms with E-state index in [1.165, 1.54) is 0 Å². The van der Waals surface area contributed by atoms with Crippen LogP contribution in [-0.4, -0.2) is 18.4 Å². The molecular formula is C6H12N2O. The Balaban J connectivity index is 2.06. The second kappa shape index (κ2) is 2.06. The van der Waals surface area contributed by atoms with Gasteiger partial charge in [0, 0.05) is 0 Å². The van der Waals surface area contributed by atoms with Gasteiger partial charge in [0.25, 0.3) is 0 Å². The van der Waals surface area contributed by atoms with Gasteiger partial charge in [-0.05, 0) is 20.8 Å². The highest BCUT2D eigenvalue weighted by Crippen LogP contribution is 2.26. The monoisotopic (exact) mass is 128 g/mol. The van der Waals surface area contributed by atoms with E-state index in [-0.39, 0.29) is 11.8 Å². The molecule has 0 saturated carbocycles. The molecule has 3 heteroatoms. The summed E-state index contributed by atoms with van der Waals surface area (Å²) in [5.74, 6) is 0. The van der Waals surface area contributed by atoms with Crippen molar-refractivity contribution >= 4 is 0 Å². The van der Waals surface area contributed by atoms with E-state index in [1.54, 1.807) is 0 Å². The first kappa shape index (κ1) is 6.68. The molecule has 0 radical (unpaired) electrons. The summed E-state index contributed by atoms with van der Waals surface area (Å²) in [5, 5.41) is 7.61. The summed E-state index contributed by atoms with van der Waals surface area (Å²) in [6.07, 6.45) is 0.285. The molecule has 0 spiro atoms. The molecule has 1 aliphatic rings. The molecule has 1 heterocycles. The Morgan fingerprint density at radius 3 is 2.33 bits per heavy atom. The molecule has 0 amide bonds. The first-order valence-corrected chi connectivity index (χ1v) is 3.18. The zero-order valence-electron chi connectivity index (χ0n) is 6.09. The fourth-order valence-electron chi connectivity index (χ4n) is 0.468. The second-order valence-corrected chi connectivity index (χ2v) is 2.78. The summed E-state index contributed by atoms with van der Waals surface area (Å²) in [4.78, 5) is 0. The minimum absolute atomic E-state index is 0.190. The predicted molar refractivity (Wildman–Crippen MR) is 34.3 cm³/mol. The third kappa shape index (κ3) is 2.10. The summed E-state index contributed by atoms with van der Waals surface area (Å²) in [6.45, 7) is 6.59. The highest BCUT2D eigenvalue weighted by molar-refractivity contribution is 4.87. The SMILES string of the molecule is CC(C)OCC1(C)N=N1. The first-order chi connectivity index (χ1) is 4.12. The van der Waals surface area contributed by atoms with Crippen molar-refractivity contribution in [1.82, 2.24) is 0 Å². The average molecular weight is 128 g/mol. The normalized spacial score (nSPS) is 20.9. The van der Waals surface area contributed by atoms with Crippen LogP contribution in [0.25, 0.3) is 0 Å². The zero-order chi connectivity index (χ0) is 6.91. The smallest absolute Gasteiger partial charge is 0.211 e. The van der Waals surface area contributed by atoms with E-state index >= 15 is 0 Å². The number of hydrogen-bond acceptors (Lipinski definition) is 3. The fourth-order valence-corrected chi connectivity index (χ4v) is 0.468. The molecule has 9 heavy (non-hydrogen) atoms. The van der Waals surface area contributed by atoms with Gasteiger partial charge in [0.05, 0.1) is 12.7 Å². The van der Waals surface area contributed by atoms with Gasteiger partial charge in [0.2, 0.25) is 5.66 Å². The summed E-state index contributed by atoms with van der Waals surface area (Å²) in [6, 6.07) is 0. The van der Waals surface area contributed by atoms with Crippen LogP contribution in [0.5, 0.6) is 0 Å². The maximum atomic E-state index is 5.28. The van der Waals surface area contributed by atoms with Gasteiger partial charge >= 0.3 is 0 Å². The lowest BCUT2D eigenvalue weighted by Crippen LogP contribution is -2.17. The van der Waals surface area contributed by atoms with E-state index in [1.807, 2.05) is 20.8 Å². The van der Waals surface area contributed by atoms with E-state index in [9.17, 15) is 0 Å². The Hall–Kier alpha value is -0.440. The van der Waals surface area contributed by atoms with Crippen LogP contribution < -0.4 is 0 Å². The van der Waals surface area contributed by atoms with Gasteiger partial charge in [-0.3, -0.25) is 0 Å². The van der Waals surface area contributed by atoms with Gasteiger partial charge < -0.3 is 4.74 Å². The van der Waals surface area contributed by atoms with Crippen molar-refractivity contribution in [2.45, 2.75) is 32.5 Å². The van der Waals surface area contributed by atoms with Crippen molar-refractivity contribution < 1.29 is 4.74 Å². The third-order valence-electron chi connectivity index (χ3n) is 1.13. The van der Waals surface area contributed by atoms with Crippen molar-refractivity contribution in [3.8, 4) is 0 Å². The second-order valence-electron chi connectivity index (χ2n) is 2.78. The van der Waals surface area contributed by atoms with E-state index in [0.29, 0.717) is 6.61 Å². The largest absolute Gasteiger partial charge is 0.374 e. The van der Waals surface area contributed by atoms with Crippen LogP contribution >= 0.6 is 0 Å². The lowest BCUT2D eigenvalue weighted by atomic mass is 10.3. The molecule has 0 atom stereocenters. The van der Waals surface area contributed by atoms with Crippen LogP contribution in [0.4, 0.5) is 0 Å². The molecule has 3 nitrogen and oxygen atoms in total. The lowest BCUT2D eigenvalue weighted by Gasteiger charge is -2.07. The molecule has 1 rings (SSSR count). The Morgan fingerprint density at radius 2 is 2.00 bits per heavy atom. The Morgan fingerprint density at radius 1 is 1.44 bits per heavy atom. The van der Waals surface area contributed by atoms with Gasteiger partial charge in [-0.25, -0.2) is 0 Å². The summed E-state index contributed by atoms with van der Waals surface area (Å²) >= 11 is 0. The van der Waals surface area contributed by atoms with E-state index in [4.69, 9.17) is 4.74 Å². The van der Waals surface area contributed by atoms with Gasteiger partial charge in [0.15, 0.2) is 0 Å². The molecule has 1 aliphatic heterocycles. The van der Waals surface area contributed by atoms with Crippen molar-refractivity contribution in [2.24, 2.45) is 10.2 Å². The molecule has 0 saturated heterocycles. The maximum absolute atomic E-state index is 5.28. The molecule has 0 aromatic rings. The Bertz CT molecular complexity index is 125. The quantitative estimate of drug-likeness (QED) is 0.568.